The molecule has 0 aromatic carbocycles. The molecule has 2 aromatic heterocycles. The van der Waals surface area contributed by atoms with Gasteiger partial charge in [-0.25, -0.2) is 4.68 Å². The van der Waals surface area contributed by atoms with Gasteiger partial charge in [-0.2, -0.15) is 0 Å². The zero-order valence-electron chi connectivity index (χ0n) is 8.70. The largest absolute Gasteiger partial charge is 0.394 e. The summed E-state index contributed by atoms with van der Waals surface area (Å²) < 4.78 is 1.63. The predicted molar refractivity (Wildman–Crippen MR) is 59.8 cm³/mol. The fraction of sp³-hybridized carbons (Fsp3) is 0.444. The van der Waals surface area contributed by atoms with Crippen LogP contribution in [0.4, 0.5) is 0 Å². The van der Waals surface area contributed by atoms with Crippen molar-refractivity contribution in [2.75, 3.05) is 6.61 Å². The molecule has 0 saturated carbocycles. The van der Waals surface area contributed by atoms with Crippen molar-refractivity contribution in [2.45, 2.75) is 19.6 Å². The minimum atomic E-state index is 0.0804. The van der Waals surface area contributed by atoms with Crippen molar-refractivity contribution in [2.24, 2.45) is 0 Å². The normalized spacial score (nSPS) is 10.8. The standard InChI is InChI=1S/C9H13N5OS/c15-2-1-14-6-8(12-13-14)3-10-4-9-5-11-7-16-9/h5-7,10,15H,1-4H2. The number of rotatable bonds is 6. The van der Waals surface area contributed by atoms with E-state index in [0.29, 0.717) is 13.1 Å². The van der Waals surface area contributed by atoms with Crippen molar-refractivity contribution >= 4 is 11.3 Å². The molecule has 0 aliphatic heterocycles. The van der Waals surface area contributed by atoms with Gasteiger partial charge in [0.2, 0.25) is 0 Å². The Morgan fingerprint density at radius 2 is 2.38 bits per heavy atom. The van der Waals surface area contributed by atoms with E-state index in [9.17, 15) is 0 Å². The Hall–Kier alpha value is -1.31. The highest BCUT2D eigenvalue weighted by atomic mass is 32.1. The summed E-state index contributed by atoms with van der Waals surface area (Å²) in [5.41, 5.74) is 2.69. The Morgan fingerprint density at radius 3 is 3.12 bits per heavy atom. The first kappa shape index (κ1) is 11.2. The van der Waals surface area contributed by atoms with Gasteiger partial charge in [0.1, 0.15) is 0 Å². The SMILES string of the molecule is OCCn1cc(CNCc2cncs2)nn1. The summed E-state index contributed by atoms with van der Waals surface area (Å²) in [6.07, 6.45) is 3.68. The van der Waals surface area contributed by atoms with Gasteiger partial charge in [0.25, 0.3) is 0 Å². The van der Waals surface area contributed by atoms with Gasteiger partial charge in [0.05, 0.1) is 24.4 Å². The zero-order chi connectivity index (χ0) is 11.2. The number of aliphatic hydroxyl groups is 1. The van der Waals surface area contributed by atoms with E-state index < -0.39 is 0 Å². The van der Waals surface area contributed by atoms with E-state index in [0.717, 1.165) is 12.2 Å². The number of thiazole rings is 1. The minimum Gasteiger partial charge on any atom is -0.394 e. The van der Waals surface area contributed by atoms with Crippen LogP contribution in [-0.4, -0.2) is 31.7 Å². The van der Waals surface area contributed by atoms with Crippen LogP contribution in [0.3, 0.4) is 0 Å². The van der Waals surface area contributed by atoms with Crippen LogP contribution >= 0.6 is 11.3 Å². The van der Waals surface area contributed by atoms with Crippen LogP contribution < -0.4 is 5.32 Å². The number of hydrogen-bond donors (Lipinski definition) is 2. The topological polar surface area (TPSA) is 75.9 Å². The van der Waals surface area contributed by atoms with Crippen LogP contribution in [0.15, 0.2) is 17.9 Å². The highest BCUT2D eigenvalue weighted by molar-refractivity contribution is 7.09. The molecule has 2 heterocycles. The third-order valence-electron chi connectivity index (χ3n) is 2.00. The first-order chi connectivity index (χ1) is 7.88. The number of hydrogen-bond acceptors (Lipinski definition) is 6. The maximum atomic E-state index is 8.72. The van der Waals surface area contributed by atoms with Crippen molar-refractivity contribution in [1.29, 1.82) is 0 Å². The molecule has 0 spiro atoms. The molecule has 2 N–H and O–H groups in total. The van der Waals surface area contributed by atoms with Crippen LogP contribution in [0.2, 0.25) is 0 Å². The first-order valence-corrected chi connectivity index (χ1v) is 5.84. The summed E-state index contributed by atoms with van der Waals surface area (Å²) in [5.74, 6) is 0. The smallest absolute Gasteiger partial charge is 0.0964 e. The van der Waals surface area contributed by atoms with E-state index in [-0.39, 0.29) is 6.61 Å². The second kappa shape index (κ2) is 5.69. The fourth-order valence-corrected chi connectivity index (χ4v) is 1.84. The average molecular weight is 239 g/mol. The van der Waals surface area contributed by atoms with E-state index >= 15 is 0 Å². The average Bonchev–Trinajstić information content (AvgIpc) is 2.90. The third-order valence-corrected chi connectivity index (χ3v) is 2.78. The molecule has 0 atom stereocenters. The van der Waals surface area contributed by atoms with Crippen LogP contribution in [0.5, 0.6) is 0 Å². The second-order valence-corrected chi connectivity index (χ2v) is 4.24. The molecule has 0 radical (unpaired) electrons. The summed E-state index contributed by atoms with van der Waals surface area (Å²) in [7, 11) is 0. The summed E-state index contributed by atoms with van der Waals surface area (Å²) >= 11 is 1.62. The van der Waals surface area contributed by atoms with Crippen molar-refractivity contribution in [3.05, 3.63) is 28.5 Å². The van der Waals surface area contributed by atoms with Crippen molar-refractivity contribution in [1.82, 2.24) is 25.3 Å². The molecule has 0 aliphatic rings. The molecule has 2 aromatic rings. The molecule has 7 heteroatoms. The lowest BCUT2D eigenvalue weighted by molar-refractivity contribution is 0.268. The van der Waals surface area contributed by atoms with Gasteiger partial charge in [-0.15, -0.1) is 16.4 Å². The summed E-state index contributed by atoms with van der Waals surface area (Å²) in [6.45, 7) is 2.03. The summed E-state index contributed by atoms with van der Waals surface area (Å²) in [6, 6.07) is 0. The van der Waals surface area contributed by atoms with Gasteiger partial charge in [-0.1, -0.05) is 5.21 Å². The van der Waals surface area contributed by atoms with E-state index in [4.69, 9.17) is 5.11 Å². The van der Waals surface area contributed by atoms with Crippen molar-refractivity contribution < 1.29 is 5.11 Å². The fourth-order valence-electron chi connectivity index (χ4n) is 1.27. The minimum absolute atomic E-state index is 0.0804. The van der Waals surface area contributed by atoms with Gasteiger partial charge < -0.3 is 10.4 Å². The lowest BCUT2D eigenvalue weighted by Crippen LogP contribution is -2.12. The molecule has 6 nitrogen and oxygen atoms in total. The van der Waals surface area contributed by atoms with Crippen molar-refractivity contribution in [3.63, 3.8) is 0 Å². The molecular weight excluding hydrogens is 226 g/mol. The zero-order valence-corrected chi connectivity index (χ0v) is 9.52. The summed E-state index contributed by atoms with van der Waals surface area (Å²) in [5, 5.41) is 19.8. The molecule has 0 bridgehead atoms. The van der Waals surface area contributed by atoms with Crippen LogP contribution in [0.1, 0.15) is 10.6 Å². The summed E-state index contributed by atoms with van der Waals surface area (Å²) in [4.78, 5) is 5.19. The third kappa shape index (κ3) is 3.09. The number of aromatic nitrogens is 4. The van der Waals surface area contributed by atoms with Gasteiger partial charge in [-0.05, 0) is 0 Å². The maximum absolute atomic E-state index is 8.72. The molecule has 86 valence electrons. The first-order valence-electron chi connectivity index (χ1n) is 4.96. The molecule has 0 fully saturated rings. The number of aliphatic hydroxyl groups excluding tert-OH is 1. The lowest BCUT2D eigenvalue weighted by Gasteiger charge is -1.98. The van der Waals surface area contributed by atoms with Gasteiger partial charge in [0, 0.05) is 30.4 Å². The molecule has 0 saturated heterocycles. The monoisotopic (exact) mass is 239 g/mol. The molecular formula is C9H13N5OS. The van der Waals surface area contributed by atoms with E-state index in [1.165, 1.54) is 4.88 Å². The van der Waals surface area contributed by atoms with Gasteiger partial charge >= 0.3 is 0 Å². The van der Waals surface area contributed by atoms with E-state index in [1.54, 1.807) is 16.0 Å². The maximum Gasteiger partial charge on any atom is 0.0964 e. The van der Waals surface area contributed by atoms with Crippen LogP contribution in [-0.2, 0) is 19.6 Å². The highest BCUT2D eigenvalue weighted by Crippen LogP contribution is 2.04. The quantitative estimate of drug-likeness (QED) is 0.743. The highest BCUT2D eigenvalue weighted by Gasteiger charge is 2.00. The Bertz CT molecular complexity index is 413. The van der Waals surface area contributed by atoms with Crippen molar-refractivity contribution in [3.8, 4) is 0 Å². The number of nitrogens with zero attached hydrogens (tertiary/aromatic N) is 4. The second-order valence-electron chi connectivity index (χ2n) is 3.27. The Kier molecular flexibility index (Phi) is 3.97. The van der Waals surface area contributed by atoms with Crippen LogP contribution in [0, 0.1) is 0 Å². The molecule has 2 rings (SSSR count). The van der Waals surface area contributed by atoms with Crippen LogP contribution in [0.25, 0.3) is 0 Å². The number of nitrogens with one attached hydrogen (secondary N) is 1. The predicted octanol–water partition coefficient (Wildman–Crippen LogP) is 0.0167. The van der Waals surface area contributed by atoms with Gasteiger partial charge in [0.15, 0.2) is 0 Å². The molecule has 16 heavy (non-hydrogen) atoms. The Morgan fingerprint density at radius 1 is 1.44 bits per heavy atom. The van der Waals surface area contributed by atoms with Gasteiger partial charge in [-0.3, -0.25) is 4.98 Å². The Balaban J connectivity index is 1.76. The van der Waals surface area contributed by atoms with E-state index in [1.807, 2.05) is 17.9 Å². The molecule has 0 amide bonds. The molecule has 0 aliphatic carbocycles. The Labute approximate surface area is 96.9 Å². The molecule has 0 unspecified atom stereocenters. The van der Waals surface area contributed by atoms with E-state index in [2.05, 4.69) is 20.6 Å². The lowest BCUT2D eigenvalue weighted by atomic mass is 10.4.